The molecule has 142 valence electrons. The molecule has 3 aliphatic carbocycles. The van der Waals surface area contributed by atoms with E-state index in [1.807, 2.05) is 0 Å². The van der Waals surface area contributed by atoms with Crippen LogP contribution in [-0.2, 0) is 11.2 Å². The molecule has 4 heteroatoms. The first-order valence-electron chi connectivity index (χ1n) is 10.1. The van der Waals surface area contributed by atoms with Crippen molar-refractivity contribution in [2.45, 2.75) is 70.3 Å². The molecule has 0 aliphatic heterocycles. The van der Waals surface area contributed by atoms with Crippen LogP contribution >= 0.6 is 0 Å². The zero-order valence-corrected chi connectivity index (χ0v) is 15.6. The number of hydrogen-bond donors (Lipinski definition) is 2. The average Bonchev–Trinajstić information content (AvgIpc) is 2.93. The molecule has 0 spiro atoms. The normalized spacial score (nSPS) is 35.3. The van der Waals surface area contributed by atoms with Crippen molar-refractivity contribution < 1.29 is 19.7 Å². The number of ether oxygens (including phenoxy) is 1. The predicted molar refractivity (Wildman–Crippen MR) is 99.4 cm³/mol. The van der Waals surface area contributed by atoms with Gasteiger partial charge in [0.25, 0.3) is 0 Å². The molecule has 3 aliphatic rings. The Balaban J connectivity index is 1.46. The number of benzene rings is 1. The highest BCUT2D eigenvalue weighted by molar-refractivity contribution is 5.66. The molecule has 0 radical (unpaired) electrons. The molecule has 1 unspecified atom stereocenters. The number of fused-ring (bicyclic) bond motifs is 5. The minimum atomic E-state index is -0.772. The van der Waals surface area contributed by atoms with Gasteiger partial charge < -0.3 is 14.9 Å². The van der Waals surface area contributed by atoms with Crippen LogP contribution < -0.4 is 4.74 Å². The number of aliphatic hydroxyl groups excluding tert-OH is 1. The second-order valence-corrected chi connectivity index (χ2v) is 8.76. The highest BCUT2D eigenvalue weighted by Crippen LogP contribution is 2.60. The van der Waals surface area contributed by atoms with Crippen LogP contribution in [0.5, 0.6) is 5.75 Å². The van der Waals surface area contributed by atoms with E-state index < -0.39 is 5.97 Å². The van der Waals surface area contributed by atoms with E-state index in [4.69, 9.17) is 9.84 Å². The van der Waals surface area contributed by atoms with Crippen LogP contribution in [0.1, 0.15) is 68.9 Å². The van der Waals surface area contributed by atoms with Crippen molar-refractivity contribution in [1.29, 1.82) is 0 Å². The number of carbonyl (C=O) groups is 1. The Labute approximate surface area is 155 Å². The van der Waals surface area contributed by atoms with E-state index in [0.29, 0.717) is 30.8 Å². The maximum absolute atomic E-state index is 10.6. The Bertz CT molecular complexity index is 685. The third-order valence-corrected chi connectivity index (χ3v) is 7.45. The molecule has 0 amide bonds. The van der Waals surface area contributed by atoms with Crippen molar-refractivity contribution in [3.8, 4) is 5.75 Å². The van der Waals surface area contributed by atoms with Crippen LogP contribution in [0.2, 0.25) is 0 Å². The van der Waals surface area contributed by atoms with Crippen molar-refractivity contribution in [2.24, 2.45) is 17.3 Å². The summed E-state index contributed by atoms with van der Waals surface area (Å²) in [6.45, 7) is 2.77. The summed E-state index contributed by atoms with van der Waals surface area (Å²) in [5.74, 6) is 2.09. The van der Waals surface area contributed by atoms with Crippen LogP contribution in [-0.4, -0.2) is 28.9 Å². The lowest BCUT2D eigenvalue weighted by Crippen LogP contribution is -2.43. The average molecular weight is 358 g/mol. The van der Waals surface area contributed by atoms with Gasteiger partial charge in [0, 0.05) is 6.42 Å². The fraction of sp³-hybridized carbons (Fsp3) is 0.682. The van der Waals surface area contributed by atoms with Gasteiger partial charge in [0.15, 0.2) is 0 Å². The smallest absolute Gasteiger partial charge is 0.303 e. The number of hydrogen-bond acceptors (Lipinski definition) is 3. The van der Waals surface area contributed by atoms with Crippen LogP contribution in [0.15, 0.2) is 18.2 Å². The molecule has 26 heavy (non-hydrogen) atoms. The van der Waals surface area contributed by atoms with E-state index >= 15 is 0 Å². The highest BCUT2D eigenvalue weighted by Gasteiger charge is 2.54. The second-order valence-electron chi connectivity index (χ2n) is 8.76. The van der Waals surface area contributed by atoms with E-state index in [1.165, 1.54) is 30.4 Å². The van der Waals surface area contributed by atoms with Gasteiger partial charge in [-0.15, -0.1) is 0 Å². The molecular formula is C22H30O4. The third kappa shape index (κ3) is 3.02. The minimum absolute atomic E-state index is 0.114. The van der Waals surface area contributed by atoms with Crippen molar-refractivity contribution in [2.75, 3.05) is 6.61 Å². The van der Waals surface area contributed by atoms with E-state index in [1.54, 1.807) is 0 Å². The number of aliphatic carboxylic acids is 1. The van der Waals surface area contributed by atoms with Gasteiger partial charge in [-0.1, -0.05) is 13.0 Å². The standard InChI is InChI=1S/C22H30O4/c1-22-11-10-17-16-7-5-15(26-12-2-3-21(24)25)13-14(16)4-6-18(17)19(22)8-9-20(22)23/h5,7,13,17-20,23H,2-4,6,8-12H2,1H3,(H,24,25)/t17-,18-,19+,20?,22+/m1/s1. The lowest BCUT2D eigenvalue weighted by Gasteiger charge is -2.50. The van der Waals surface area contributed by atoms with Crippen molar-refractivity contribution in [1.82, 2.24) is 0 Å². The highest BCUT2D eigenvalue weighted by atomic mass is 16.5. The quantitative estimate of drug-likeness (QED) is 0.776. The number of carboxylic acid groups (broad SMARTS) is 1. The van der Waals surface area contributed by atoms with Crippen LogP contribution in [0, 0.1) is 17.3 Å². The fourth-order valence-electron chi connectivity index (χ4n) is 6.03. The summed E-state index contributed by atoms with van der Waals surface area (Å²) in [4.78, 5) is 10.6. The largest absolute Gasteiger partial charge is 0.494 e. The molecular weight excluding hydrogens is 328 g/mol. The molecule has 1 aromatic carbocycles. The van der Waals surface area contributed by atoms with Crippen LogP contribution in [0.25, 0.3) is 0 Å². The zero-order chi connectivity index (χ0) is 18.3. The van der Waals surface area contributed by atoms with Crippen molar-refractivity contribution in [3.63, 3.8) is 0 Å². The predicted octanol–water partition coefficient (Wildman–Crippen LogP) is 4.15. The molecule has 0 saturated heterocycles. The van der Waals surface area contributed by atoms with Gasteiger partial charge in [-0.3, -0.25) is 4.79 Å². The van der Waals surface area contributed by atoms with Gasteiger partial charge in [0.2, 0.25) is 0 Å². The van der Waals surface area contributed by atoms with Crippen LogP contribution in [0.4, 0.5) is 0 Å². The lowest BCUT2D eigenvalue weighted by atomic mass is 9.55. The molecule has 0 aromatic heterocycles. The summed E-state index contributed by atoms with van der Waals surface area (Å²) in [6, 6.07) is 6.47. The molecule has 2 fully saturated rings. The molecule has 2 N–H and O–H groups in total. The summed E-state index contributed by atoms with van der Waals surface area (Å²) in [6.07, 6.45) is 7.35. The van der Waals surface area contributed by atoms with Crippen LogP contribution in [0.3, 0.4) is 0 Å². The molecule has 0 heterocycles. The molecule has 4 rings (SSSR count). The Morgan fingerprint density at radius 3 is 2.92 bits per heavy atom. The maximum atomic E-state index is 10.6. The maximum Gasteiger partial charge on any atom is 0.303 e. The van der Waals surface area contributed by atoms with Gasteiger partial charge in [-0.25, -0.2) is 0 Å². The second kappa shape index (κ2) is 6.88. The van der Waals surface area contributed by atoms with Gasteiger partial charge in [0.05, 0.1) is 12.7 Å². The molecule has 5 atom stereocenters. The Morgan fingerprint density at radius 1 is 1.27 bits per heavy atom. The zero-order valence-electron chi connectivity index (χ0n) is 15.6. The number of carboxylic acids is 1. The Morgan fingerprint density at radius 2 is 2.12 bits per heavy atom. The summed E-state index contributed by atoms with van der Waals surface area (Å²) in [7, 11) is 0. The van der Waals surface area contributed by atoms with Gasteiger partial charge in [-0.2, -0.15) is 0 Å². The first-order chi connectivity index (χ1) is 12.5. The monoisotopic (exact) mass is 358 g/mol. The molecule has 2 saturated carbocycles. The first kappa shape index (κ1) is 17.8. The minimum Gasteiger partial charge on any atom is -0.494 e. The third-order valence-electron chi connectivity index (χ3n) is 7.45. The molecule has 4 nitrogen and oxygen atoms in total. The Kier molecular flexibility index (Phi) is 4.72. The SMILES string of the molecule is C[C@]12CC[C@@H]3c4ccc(OCCCC(=O)O)cc4CC[C@H]3[C@@H]1CCC2O. The van der Waals surface area contributed by atoms with Gasteiger partial charge in [-0.05, 0) is 91.4 Å². The Hall–Kier alpha value is -1.55. The fourth-order valence-corrected chi connectivity index (χ4v) is 6.03. The van der Waals surface area contributed by atoms with Crippen molar-refractivity contribution in [3.05, 3.63) is 29.3 Å². The number of rotatable bonds is 5. The summed E-state index contributed by atoms with van der Waals surface area (Å²) < 4.78 is 5.76. The number of aliphatic hydroxyl groups is 1. The number of aryl methyl sites for hydroxylation is 1. The molecule has 0 bridgehead atoms. The summed E-state index contributed by atoms with van der Waals surface area (Å²) >= 11 is 0. The van der Waals surface area contributed by atoms with E-state index in [0.717, 1.165) is 25.0 Å². The molecule has 1 aromatic rings. The van der Waals surface area contributed by atoms with E-state index in [2.05, 4.69) is 25.1 Å². The summed E-state index contributed by atoms with van der Waals surface area (Å²) in [5.41, 5.74) is 3.03. The van der Waals surface area contributed by atoms with E-state index in [9.17, 15) is 9.90 Å². The van der Waals surface area contributed by atoms with Gasteiger partial charge in [0.1, 0.15) is 5.75 Å². The first-order valence-corrected chi connectivity index (χ1v) is 10.1. The summed E-state index contributed by atoms with van der Waals surface area (Å²) in [5, 5.41) is 19.2. The van der Waals surface area contributed by atoms with Crippen molar-refractivity contribution >= 4 is 5.97 Å². The topological polar surface area (TPSA) is 66.8 Å². The van der Waals surface area contributed by atoms with Gasteiger partial charge >= 0.3 is 5.97 Å². The lowest BCUT2D eigenvalue weighted by molar-refractivity contribution is -0.137. The van der Waals surface area contributed by atoms with E-state index in [-0.39, 0.29) is 17.9 Å².